The van der Waals surface area contributed by atoms with Gasteiger partial charge in [-0.2, -0.15) is 0 Å². The summed E-state index contributed by atoms with van der Waals surface area (Å²) in [5.41, 5.74) is 10.9. The summed E-state index contributed by atoms with van der Waals surface area (Å²) in [6.45, 7) is 6.29. The Balaban J connectivity index is 0. The molecule has 0 heterocycles. The van der Waals surface area contributed by atoms with Crippen molar-refractivity contribution in [3.63, 3.8) is 0 Å². The molecular weight excluding hydrogens is 364 g/mol. The first-order valence-corrected chi connectivity index (χ1v) is 14.2. The number of rotatable bonds is 24. The molecule has 2 heteroatoms. The van der Waals surface area contributed by atoms with Gasteiger partial charge in [-0.3, -0.25) is 0 Å². The van der Waals surface area contributed by atoms with Gasteiger partial charge in [-0.05, 0) is 25.9 Å². The lowest BCUT2D eigenvalue weighted by Gasteiger charge is -2.03. The topological polar surface area (TPSA) is 52.0 Å². The molecule has 184 valence electrons. The van der Waals surface area contributed by atoms with E-state index in [2.05, 4.69) is 13.8 Å². The van der Waals surface area contributed by atoms with Crippen LogP contribution in [0.4, 0.5) is 0 Å². The molecule has 0 amide bonds. The zero-order chi connectivity index (χ0) is 22.4. The Labute approximate surface area is 192 Å². The first-order valence-electron chi connectivity index (χ1n) is 14.2. The number of hydrogen-bond acceptors (Lipinski definition) is 2. The highest BCUT2D eigenvalue weighted by atomic mass is 14.5. The Kier molecular flexibility index (Phi) is 35.9. The fourth-order valence-electron chi connectivity index (χ4n) is 3.97. The fraction of sp³-hybridized carbons (Fsp3) is 1.00. The van der Waals surface area contributed by atoms with Crippen molar-refractivity contribution in [2.24, 2.45) is 11.5 Å². The van der Waals surface area contributed by atoms with E-state index in [9.17, 15) is 0 Å². The van der Waals surface area contributed by atoms with Gasteiger partial charge >= 0.3 is 0 Å². The molecule has 0 saturated carbocycles. The molecular formula is C28H62N2. The van der Waals surface area contributed by atoms with Gasteiger partial charge in [0.1, 0.15) is 0 Å². The van der Waals surface area contributed by atoms with Crippen LogP contribution in [0.2, 0.25) is 0 Å². The number of nitrogens with two attached hydrogens (primary N) is 2. The van der Waals surface area contributed by atoms with E-state index in [0.29, 0.717) is 0 Å². The van der Waals surface area contributed by atoms with Crippen LogP contribution >= 0.6 is 0 Å². The molecule has 0 atom stereocenters. The third-order valence-electron chi connectivity index (χ3n) is 6.12. The molecule has 0 unspecified atom stereocenters. The second-order valence-electron chi connectivity index (χ2n) is 9.36. The first kappa shape index (κ1) is 32.1. The standard InChI is InChI=1S/C18H39N.C10H23N/c1-2-3-4-5-6-7-8-9-10-11-12-13-14-15-16-17-18-19;1-2-3-4-5-6-7-8-9-10-11/h2-19H2,1H3;2-11H2,1H3. The molecule has 2 nitrogen and oxygen atoms in total. The molecule has 0 aliphatic carbocycles. The van der Waals surface area contributed by atoms with E-state index in [0.717, 1.165) is 13.1 Å². The first-order chi connectivity index (χ1) is 14.8. The van der Waals surface area contributed by atoms with Gasteiger partial charge in [0, 0.05) is 0 Å². The van der Waals surface area contributed by atoms with Crippen LogP contribution < -0.4 is 11.5 Å². The van der Waals surface area contributed by atoms with E-state index in [-0.39, 0.29) is 0 Å². The monoisotopic (exact) mass is 426 g/mol. The number of hydrogen-bond donors (Lipinski definition) is 2. The maximum absolute atomic E-state index is 5.48. The summed E-state index contributed by atoms with van der Waals surface area (Å²) in [4.78, 5) is 0. The minimum atomic E-state index is 0.870. The molecule has 0 aromatic carbocycles. The Morgan fingerprint density at radius 1 is 0.267 bits per heavy atom. The van der Waals surface area contributed by atoms with Gasteiger partial charge in [0.25, 0.3) is 0 Å². The van der Waals surface area contributed by atoms with Crippen molar-refractivity contribution in [2.45, 2.75) is 168 Å². The van der Waals surface area contributed by atoms with Gasteiger partial charge in [-0.1, -0.05) is 155 Å². The van der Waals surface area contributed by atoms with Crippen LogP contribution in [0.5, 0.6) is 0 Å². The molecule has 0 radical (unpaired) electrons. The maximum atomic E-state index is 5.48. The van der Waals surface area contributed by atoms with Gasteiger partial charge in [0.05, 0.1) is 0 Å². The summed E-state index contributed by atoms with van der Waals surface area (Å²) in [5.74, 6) is 0. The van der Waals surface area contributed by atoms with E-state index in [1.54, 1.807) is 0 Å². The van der Waals surface area contributed by atoms with Crippen LogP contribution in [0, 0.1) is 0 Å². The predicted octanol–water partition coefficient (Wildman–Crippen LogP) is 9.29. The second-order valence-corrected chi connectivity index (χ2v) is 9.36. The van der Waals surface area contributed by atoms with Crippen molar-refractivity contribution in [1.82, 2.24) is 0 Å². The van der Waals surface area contributed by atoms with Gasteiger partial charge in [0.2, 0.25) is 0 Å². The average molecular weight is 427 g/mol. The lowest BCUT2D eigenvalue weighted by atomic mass is 10.0. The summed E-state index contributed by atoms with van der Waals surface area (Å²) < 4.78 is 0. The Hall–Kier alpha value is -0.0800. The van der Waals surface area contributed by atoms with Crippen molar-refractivity contribution in [3.05, 3.63) is 0 Å². The Morgan fingerprint density at radius 3 is 0.600 bits per heavy atom. The van der Waals surface area contributed by atoms with Crippen molar-refractivity contribution >= 4 is 0 Å². The molecule has 30 heavy (non-hydrogen) atoms. The molecule has 0 spiro atoms. The van der Waals surface area contributed by atoms with Crippen molar-refractivity contribution in [1.29, 1.82) is 0 Å². The smallest absolute Gasteiger partial charge is 0.00773 e. The molecule has 0 rings (SSSR count). The molecule has 0 fully saturated rings. The molecule has 0 aromatic rings. The molecule has 0 bridgehead atoms. The van der Waals surface area contributed by atoms with E-state index < -0.39 is 0 Å². The summed E-state index contributed by atoms with van der Waals surface area (Å²) in [7, 11) is 0. The van der Waals surface area contributed by atoms with Crippen molar-refractivity contribution in [2.75, 3.05) is 13.1 Å². The lowest BCUT2D eigenvalue weighted by molar-refractivity contribution is 0.530. The van der Waals surface area contributed by atoms with Crippen LogP contribution in [-0.4, -0.2) is 13.1 Å². The van der Waals surface area contributed by atoms with E-state index in [1.165, 1.54) is 154 Å². The summed E-state index contributed by atoms with van der Waals surface area (Å²) >= 11 is 0. The second kappa shape index (κ2) is 33.6. The normalized spacial score (nSPS) is 10.8. The highest BCUT2D eigenvalue weighted by molar-refractivity contribution is 4.50. The van der Waals surface area contributed by atoms with Gasteiger partial charge in [0.15, 0.2) is 0 Å². The fourth-order valence-corrected chi connectivity index (χ4v) is 3.97. The Bertz CT molecular complexity index is 231. The van der Waals surface area contributed by atoms with Gasteiger partial charge < -0.3 is 11.5 Å². The third kappa shape index (κ3) is 35.4. The van der Waals surface area contributed by atoms with Crippen LogP contribution in [0.25, 0.3) is 0 Å². The van der Waals surface area contributed by atoms with Crippen molar-refractivity contribution < 1.29 is 0 Å². The van der Waals surface area contributed by atoms with E-state index in [1.807, 2.05) is 0 Å². The lowest BCUT2D eigenvalue weighted by Crippen LogP contribution is -1.97. The quantitative estimate of drug-likeness (QED) is 0.151. The Morgan fingerprint density at radius 2 is 0.433 bits per heavy atom. The molecule has 4 N–H and O–H groups in total. The summed E-state index contributed by atoms with van der Waals surface area (Å²) in [5, 5.41) is 0. The average Bonchev–Trinajstić information content (AvgIpc) is 2.76. The maximum Gasteiger partial charge on any atom is -0.00773 e. The van der Waals surface area contributed by atoms with Gasteiger partial charge in [-0.15, -0.1) is 0 Å². The van der Waals surface area contributed by atoms with Gasteiger partial charge in [-0.25, -0.2) is 0 Å². The molecule has 0 aliphatic heterocycles. The van der Waals surface area contributed by atoms with Crippen molar-refractivity contribution in [3.8, 4) is 0 Å². The molecule has 0 aromatic heterocycles. The highest BCUT2D eigenvalue weighted by Crippen LogP contribution is 2.13. The summed E-state index contributed by atoms with van der Waals surface area (Å²) in [6, 6.07) is 0. The molecule has 0 aliphatic rings. The zero-order valence-corrected chi connectivity index (χ0v) is 21.5. The van der Waals surface area contributed by atoms with E-state index >= 15 is 0 Å². The van der Waals surface area contributed by atoms with Crippen LogP contribution in [0.1, 0.15) is 168 Å². The minimum absolute atomic E-state index is 0.870. The highest BCUT2D eigenvalue weighted by Gasteiger charge is 1.94. The minimum Gasteiger partial charge on any atom is -0.330 e. The van der Waals surface area contributed by atoms with Crippen LogP contribution in [0.3, 0.4) is 0 Å². The molecule has 0 saturated heterocycles. The van der Waals surface area contributed by atoms with Crippen LogP contribution in [-0.2, 0) is 0 Å². The third-order valence-corrected chi connectivity index (χ3v) is 6.12. The predicted molar refractivity (Wildman–Crippen MR) is 140 cm³/mol. The number of unbranched alkanes of at least 4 members (excludes halogenated alkanes) is 22. The van der Waals surface area contributed by atoms with Crippen LogP contribution in [0.15, 0.2) is 0 Å². The van der Waals surface area contributed by atoms with E-state index in [4.69, 9.17) is 11.5 Å². The largest absolute Gasteiger partial charge is 0.330 e. The zero-order valence-electron chi connectivity index (χ0n) is 21.5. The SMILES string of the molecule is CCCCCCCCCCCCCCCCCCN.CCCCCCCCCCN. The summed E-state index contributed by atoms with van der Waals surface area (Å²) in [6.07, 6.45) is 33.8.